The molecule has 0 radical (unpaired) electrons. The zero-order chi connectivity index (χ0) is 22.7. The molecule has 3 heterocycles. The molecular weight excluding hydrogens is 453 g/mol. The number of halogens is 2. The molecule has 0 unspecified atom stereocenters. The van der Waals surface area contributed by atoms with Gasteiger partial charge in [-0.05, 0) is 24.3 Å². The largest absolute Gasteiger partial charge is 0.508 e. The molecule has 1 aliphatic rings. The fourth-order valence-corrected chi connectivity index (χ4v) is 4.99. The summed E-state index contributed by atoms with van der Waals surface area (Å²) in [6.45, 7) is 0.791. The molecule has 5 rings (SSSR count). The number of ether oxygens (including phenoxy) is 1. The zero-order valence-electron chi connectivity index (χ0n) is 17.3. The molecule has 1 aliphatic heterocycles. The van der Waals surface area contributed by atoms with Gasteiger partial charge in [-0.15, -0.1) is 0 Å². The van der Waals surface area contributed by atoms with Gasteiger partial charge in [0.2, 0.25) is 0 Å². The van der Waals surface area contributed by atoms with Crippen molar-refractivity contribution in [1.82, 2.24) is 13.7 Å². The van der Waals surface area contributed by atoms with Gasteiger partial charge in [-0.2, -0.15) is 0 Å². The van der Waals surface area contributed by atoms with Crippen molar-refractivity contribution in [3.63, 3.8) is 0 Å². The molecule has 0 spiro atoms. The maximum absolute atomic E-state index is 13.4. The Morgan fingerprint density at radius 1 is 1.06 bits per heavy atom. The Kier molecular flexibility index (Phi) is 4.93. The number of rotatable bonds is 2. The Morgan fingerprint density at radius 3 is 2.53 bits per heavy atom. The third-order valence-corrected chi connectivity index (χ3v) is 6.51. The maximum atomic E-state index is 13.4. The van der Waals surface area contributed by atoms with Crippen molar-refractivity contribution >= 4 is 34.1 Å². The first-order chi connectivity index (χ1) is 15.3. The van der Waals surface area contributed by atoms with E-state index >= 15 is 0 Å². The quantitative estimate of drug-likeness (QED) is 0.481. The number of benzene rings is 2. The normalized spacial score (nSPS) is 15.8. The Balaban J connectivity index is 1.98. The molecule has 0 saturated heterocycles. The summed E-state index contributed by atoms with van der Waals surface area (Å²) in [4.78, 5) is 26.2. The maximum Gasteiger partial charge on any atom is 0.331 e. The summed E-state index contributed by atoms with van der Waals surface area (Å²) in [5.74, 6) is 0.0696. The Bertz CT molecular complexity index is 1520. The van der Waals surface area contributed by atoms with Crippen LogP contribution in [0.3, 0.4) is 0 Å². The highest BCUT2D eigenvalue weighted by atomic mass is 35.5. The molecule has 1 N–H and O–H groups in total. The van der Waals surface area contributed by atoms with Crippen LogP contribution in [0.15, 0.2) is 52.1 Å². The van der Waals surface area contributed by atoms with E-state index in [2.05, 4.69) is 0 Å². The second-order valence-electron chi connectivity index (χ2n) is 7.75. The van der Waals surface area contributed by atoms with Crippen LogP contribution in [-0.2, 0) is 25.4 Å². The molecule has 0 aliphatic carbocycles. The second kappa shape index (κ2) is 7.55. The predicted octanol–water partition coefficient (Wildman–Crippen LogP) is 3.84. The molecule has 7 nitrogen and oxygen atoms in total. The molecule has 4 aromatic rings. The molecule has 0 amide bonds. The number of para-hydroxylation sites is 1. The number of aryl methyl sites for hydroxylation is 1. The second-order valence-corrected chi connectivity index (χ2v) is 8.59. The van der Waals surface area contributed by atoms with E-state index in [0.717, 1.165) is 4.57 Å². The van der Waals surface area contributed by atoms with E-state index in [1.54, 1.807) is 49.5 Å². The van der Waals surface area contributed by atoms with Crippen molar-refractivity contribution < 1.29 is 9.84 Å². The Hall–Kier alpha value is -3.00. The van der Waals surface area contributed by atoms with Crippen LogP contribution in [0.4, 0.5) is 0 Å². The lowest BCUT2D eigenvalue weighted by molar-refractivity contribution is 0.0464. The molecule has 2 aromatic heterocycles. The van der Waals surface area contributed by atoms with E-state index < -0.39 is 17.4 Å². The lowest BCUT2D eigenvalue weighted by Crippen LogP contribution is -2.37. The van der Waals surface area contributed by atoms with Crippen LogP contribution in [0.5, 0.6) is 5.75 Å². The highest BCUT2D eigenvalue weighted by Gasteiger charge is 2.34. The summed E-state index contributed by atoms with van der Waals surface area (Å²) in [7, 11) is 3.07. The molecule has 2 aromatic carbocycles. The molecule has 0 saturated carbocycles. The van der Waals surface area contributed by atoms with Crippen LogP contribution in [0.1, 0.15) is 17.4 Å². The van der Waals surface area contributed by atoms with Crippen LogP contribution in [0, 0.1) is 0 Å². The number of phenols is 1. The molecule has 9 heteroatoms. The van der Waals surface area contributed by atoms with E-state index in [9.17, 15) is 14.7 Å². The van der Waals surface area contributed by atoms with Crippen molar-refractivity contribution in [2.75, 3.05) is 6.61 Å². The molecular formula is C23H19Cl2N3O4. The van der Waals surface area contributed by atoms with Crippen LogP contribution in [0.25, 0.3) is 22.2 Å². The molecule has 1 atom stereocenters. The number of hydrogen-bond donors (Lipinski definition) is 1. The SMILES string of the molecule is Cn1c(=O)c2c(-c3ccc(Cl)cc3Cl)n3c(c2n(C)c1=O)[C@@H](c1ccccc1O)OCC3. The first-order valence-electron chi connectivity index (χ1n) is 9.98. The number of hydrogen-bond acceptors (Lipinski definition) is 4. The number of phenolic OH excluding ortho intramolecular Hbond substituents is 1. The zero-order valence-corrected chi connectivity index (χ0v) is 18.8. The molecule has 32 heavy (non-hydrogen) atoms. The minimum Gasteiger partial charge on any atom is -0.508 e. The summed E-state index contributed by atoms with van der Waals surface area (Å²) in [6.07, 6.45) is -0.676. The van der Waals surface area contributed by atoms with Gasteiger partial charge in [0, 0.05) is 36.8 Å². The van der Waals surface area contributed by atoms with Crippen molar-refractivity contribution in [2.24, 2.45) is 14.1 Å². The standard InChI is InChI=1S/C23H19Cl2N3O4/c1-26-19-17(22(30)27(2)23(26)31)18(13-8-7-12(24)11-15(13)25)28-9-10-32-21(20(19)28)14-5-3-4-6-16(14)29/h3-8,11,21,29H,9-10H2,1-2H3/t21-/m1/s1. The lowest BCUT2D eigenvalue weighted by atomic mass is 10.0. The average Bonchev–Trinajstić information content (AvgIpc) is 3.12. The van der Waals surface area contributed by atoms with Gasteiger partial charge in [-0.25, -0.2) is 4.79 Å². The first-order valence-corrected chi connectivity index (χ1v) is 10.7. The van der Waals surface area contributed by atoms with Crippen LogP contribution < -0.4 is 11.2 Å². The van der Waals surface area contributed by atoms with Gasteiger partial charge in [0.15, 0.2) is 0 Å². The minimum absolute atomic E-state index is 0.0696. The summed E-state index contributed by atoms with van der Waals surface area (Å²) in [5, 5.41) is 11.7. The average molecular weight is 472 g/mol. The molecule has 0 fully saturated rings. The number of nitrogens with zero attached hydrogens (tertiary/aromatic N) is 3. The van der Waals surface area contributed by atoms with E-state index in [1.807, 2.05) is 4.57 Å². The Labute approximate surface area is 192 Å². The van der Waals surface area contributed by atoms with Crippen LogP contribution in [0.2, 0.25) is 10.0 Å². The smallest absolute Gasteiger partial charge is 0.331 e. The van der Waals surface area contributed by atoms with Gasteiger partial charge < -0.3 is 14.4 Å². The first kappa shape index (κ1) is 20.9. The molecule has 164 valence electrons. The van der Waals surface area contributed by atoms with Crippen molar-refractivity contribution in [2.45, 2.75) is 12.6 Å². The van der Waals surface area contributed by atoms with Gasteiger partial charge in [0.05, 0.1) is 33.9 Å². The Morgan fingerprint density at radius 2 is 1.81 bits per heavy atom. The third-order valence-electron chi connectivity index (χ3n) is 5.96. The summed E-state index contributed by atoms with van der Waals surface area (Å²) < 4.78 is 10.6. The van der Waals surface area contributed by atoms with E-state index in [4.69, 9.17) is 27.9 Å². The monoisotopic (exact) mass is 471 g/mol. The fraction of sp³-hybridized carbons (Fsp3) is 0.217. The fourth-order valence-electron chi connectivity index (χ4n) is 4.49. The van der Waals surface area contributed by atoms with Crippen molar-refractivity contribution in [3.05, 3.63) is 84.6 Å². The van der Waals surface area contributed by atoms with Crippen molar-refractivity contribution in [3.8, 4) is 17.0 Å². The minimum atomic E-state index is -0.676. The van der Waals surface area contributed by atoms with E-state index in [1.165, 1.54) is 11.6 Å². The number of fused-ring (bicyclic) bond motifs is 3. The van der Waals surface area contributed by atoms with Gasteiger partial charge in [0.1, 0.15) is 11.9 Å². The van der Waals surface area contributed by atoms with E-state index in [0.29, 0.717) is 56.6 Å². The highest BCUT2D eigenvalue weighted by molar-refractivity contribution is 6.36. The van der Waals surface area contributed by atoms with Crippen molar-refractivity contribution in [1.29, 1.82) is 0 Å². The summed E-state index contributed by atoms with van der Waals surface area (Å²) in [6, 6.07) is 12.0. The highest BCUT2D eigenvalue weighted by Crippen LogP contribution is 2.44. The van der Waals surface area contributed by atoms with Gasteiger partial charge in [0.25, 0.3) is 5.56 Å². The number of aromatic hydroxyl groups is 1. The summed E-state index contributed by atoms with van der Waals surface area (Å²) in [5.41, 5.74) is 1.96. The van der Waals surface area contributed by atoms with Crippen LogP contribution in [-0.4, -0.2) is 25.4 Å². The molecule has 0 bridgehead atoms. The third kappa shape index (κ3) is 2.92. The predicted molar refractivity (Wildman–Crippen MR) is 124 cm³/mol. The topological polar surface area (TPSA) is 78.4 Å². The van der Waals surface area contributed by atoms with E-state index in [-0.39, 0.29) is 5.75 Å². The van der Waals surface area contributed by atoms with Gasteiger partial charge >= 0.3 is 5.69 Å². The van der Waals surface area contributed by atoms with Gasteiger partial charge in [-0.1, -0.05) is 41.4 Å². The summed E-state index contributed by atoms with van der Waals surface area (Å²) >= 11 is 12.7. The lowest BCUT2D eigenvalue weighted by Gasteiger charge is -2.28. The number of aromatic nitrogens is 3. The van der Waals surface area contributed by atoms with Gasteiger partial charge in [-0.3, -0.25) is 13.9 Å². The van der Waals surface area contributed by atoms with Crippen LogP contribution >= 0.6 is 23.2 Å².